The standard InChI is InChI=1S/C13H25N3O2/c1-10(2)14-13(18)15-12(17)11(3)16-8-6-4-5-7-9-16/h10-11H,4-9H2,1-3H3,(H2,14,15,17,18)/p+1/t11-/m1/s1. The van der Waals surface area contributed by atoms with Crippen LogP contribution in [0.3, 0.4) is 0 Å². The van der Waals surface area contributed by atoms with E-state index in [0.29, 0.717) is 0 Å². The molecule has 1 saturated heterocycles. The molecule has 0 aromatic heterocycles. The summed E-state index contributed by atoms with van der Waals surface area (Å²) in [7, 11) is 0. The van der Waals surface area contributed by atoms with Crippen LogP contribution in [0, 0.1) is 0 Å². The van der Waals surface area contributed by atoms with Crippen molar-refractivity contribution in [2.75, 3.05) is 13.1 Å². The van der Waals surface area contributed by atoms with E-state index in [1.165, 1.54) is 30.6 Å². The van der Waals surface area contributed by atoms with Gasteiger partial charge in [-0.25, -0.2) is 4.79 Å². The SMILES string of the molecule is CC(C)NC(=O)NC(=O)[C@@H](C)[NH+]1CCCCCC1. The van der Waals surface area contributed by atoms with E-state index in [-0.39, 0.29) is 18.0 Å². The Morgan fingerprint density at radius 2 is 1.56 bits per heavy atom. The summed E-state index contributed by atoms with van der Waals surface area (Å²) in [6.45, 7) is 7.69. The van der Waals surface area contributed by atoms with Crippen LogP contribution in [0.5, 0.6) is 0 Å². The van der Waals surface area contributed by atoms with E-state index >= 15 is 0 Å². The van der Waals surface area contributed by atoms with Crippen LogP contribution in [0.2, 0.25) is 0 Å². The average Bonchev–Trinajstić information content (AvgIpc) is 2.55. The van der Waals surface area contributed by atoms with Gasteiger partial charge >= 0.3 is 6.03 Å². The highest BCUT2D eigenvalue weighted by Crippen LogP contribution is 2.00. The van der Waals surface area contributed by atoms with Gasteiger partial charge in [0.1, 0.15) is 0 Å². The molecule has 1 aliphatic rings. The van der Waals surface area contributed by atoms with Crippen LogP contribution in [0.25, 0.3) is 0 Å². The van der Waals surface area contributed by atoms with Crippen molar-refractivity contribution in [2.24, 2.45) is 0 Å². The van der Waals surface area contributed by atoms with Gasteiger partial charge in [0.25, 0.3) is 5.91 Å². The van der Waals surface area contributed by atoms with Crippen molar-refractivity contribution in [2.45, 2.75) is 58.5 Å². The molecule has 5 heteroatoms. The second kappa shape index (κ2) is 7.36. The highest BCUT2D eigenvalue weighted by Gasteiger charge is 2.26. The fraction of sp³-hybridized carbons (Fsp3) is 0.846. The van der Waals surface area contributed by atoms with E-state index in [9.17, 15) is 9.59 Å². The zero-order chi connectivity index (χ0) is 13.5. The van der Waals surface area contributed by atoms with Gasteiger partial charge in [0.2, 0.25) is 0 Å². The molecule has 3 N–H and O–H groups in total. The summed E-state index contributed by atoms with van der Waals surface area (Å²) in [5.41, 5.74) is 0. The second-order valence-electron chi connectivity index (χ2n) is 5.41. The lowest BCUT2D eigenvalue weighted by molar-refractivity contribution is -0.913. The van der Waals surface area contributed by atoms with Crippen molar-refractivity contribution in [3.05, 3.63) is 0 Å². The van der Waals surface area contributed by atoms with Gasteiger partial charge in [0, 0.05) is 6.04 Å². The summed E-state index contributed by atoms with van der Waals surface area (Å²) in [6, 6.07) is -0.504. The number of nitrogens with one attached hydrogen (secondary N) is 3. The van der Waals surface area contributed by atoms with Gasteiger partial charge in [-0.05, 0) is 46.5 Å². The first-order chi connectivity index (χ1) is 8.50. The summed E-state index contributed by atoms with van der Waals surface area (Å²) in [5, 5.41) is 5.08. The molecule has 1 fully saturated rings. The average molecular weight is 256 g/mol. The number of imide groups is 1. The van der Waals surface area contributed by atoms with E-state index in [4.69, 9.17) is 0 Å². The molecule has 0 saturated carbocycles. The Bertz CT molecular complexity index is 284. The molecule has 1 heterocycles. The van der Waals surface area contributed by atoms with Gasteiger partial charge in [-0.1, -0.05) is 0 Å². The third-order valence-corrected chi connectivity index (χ3v) is 3.41. The van der Waals surface area contributed by atoms with Gasteiger partial charge in [0.15, 0.2) is 6.04 Å². The molecule has 0 unspecified atom stereocenters. The monoisotopic (exact) mass is 256 g/mol. The van der Waals surface area contributed by atoms with E-state index in [1.54, 1.807) is 0 Å². The van der Waals surface area contributed by atoms with Crippen LogP contribution in [0.15, 0.2) is 0 Å². The maximum atomic E-state index is 12.0. The van der Waals surface area contributed by atoms with Gasteiger partial charge in [0.05, 0.1) is 13.1 Å². The molecule has 5 nitrogen and oxygen atoms in total. The lowest BCUT2D eigenvalue weighted by Gasteiger charge is -2.23. The minimum absolute atomic E-state index is 0.0404. The molecule has 0 bridgehead atoms. The summed E-state index contributed by atoms with van der Waals surface area (Å²) >= 11 is 0. The molecule has 0 aliphatic carbocycles. The van der Waals surface area contributed by atoms with Crippen molar-refractivity contribution in [1.29, 1.82) is 0 Å². The Balaban J connectivity index is 2.42. The molecule has 18 heavy (non-hydrogen) atoms. The van der Waals surface area contributed by atoms with Crippen molar-refractivity contribution < 1.29 is 14.5 Å². The number of urea groups is 1. The first-order valence-electron chi connectivity index (χ1n) is 6.96. The lowest BCUT2D eigenvalue weighted by Crippen LogP contribution is -3.16. The van der Waals surface area contributed by atoms with E-state index in [1.807, 2.05) is 20.8 Å². The molecule has 3 amide bonds. The summed E-state index contributed by atoms with van der Waals surface area (Å²) in [5.74, 6) is -0.176. The lowest BCUT2D eigenvalue weighted by atomic mass is 10.2. The zero-order valence-corrected chi connectivity index (χ0v) is 11.7. The minimum atomic E-state index is -0.393. The third kappa shape index (κ3) is 5.04. The fourth-order valence-corrected chi connectivity index (χ4v) is 2.32. The quantitative estimate of drug-likeness (QED) is 0.669. The van der Waals surface area contributed by atoms with Crippen LogP contribution in [-0.2, 0) is 4.79 Å². The number of quaternary nitrogens is 1. The molecular formula is C13H26N3O2+. The maximum Gasteiger partial charge on any atom is 0.321 e. The normalized spacial score (nSPS) is 19.1. The first-order valence-corrected chi connectivity index (χ1v) is 6.96. The van der Waals surface area contributed by atoms with Crippen molar-refractivity contribution in [1.82, 2.24) is 10.6 Å². The fourth-order valence-electron chi connectivity index (χ4n) is 2.32. The van der Waals surface area contributed by atoms with Gasteiger partial charge in [-0.3, -0.25) is 10.1 Å². The topological polar surface area (TPSA) is 62.6 Å². The Morgan fingerprint density at radius 3 is 2.06 bits per heavy atom. The summed E-state index contributed by atoms with van der Waals surface area (Å²) < 4.78 is 0. The van der Waals surface area contributed by atoms with Crippen LogP contribution >= 0.6 is 0 Å². The van der Waals surface area contributed by atoms with E-state index in [0.717, 1.165) is 13.1 Å². The highest BCUT2D eigenvalue weighted by molar-refractivity contribution is 5.96. The van der Waals surface area contributed by atoms with E-state index < -0.39 is 6.03 Å². The molecular weight excluding hydrogens is 230 g/mol. The van der Waals surface area contributed by atoms with Crippen LogP contribution < -0.4 is 15.5 Å². The van der Waals surface area contributed by atoms with E-state index in [2.05, 4.69) is 10.6 Å². The molecule has 1 aliphatic heterocycles. The minimum Gasteiger partial charge on any atom is -0.336 e. The predicted molar refractivity (Wildman–Crippen MR) is 70.4 cm³/mol. The molecule has 1 atom stereocenters. The van der Waals surface area contributed by atoms with Crippen LogP contribution in [0.4, 0.5) is 4.79 Å². The summed E-state index contributed by atoms with van der Waals surface area (Å²) in [6.07, 6.45) is 4.85. The van der Waals surface area contributed by atoms with Crippen LogP contribution in [0.1, 0.15) is 46.5 Å². The molecule has 1 rings (SSSR count). The number of carbonyl (C=O) groups excluding carboxylic acids is 2. The second-order valence-corrected chi connectivity index (χ2v) is 5.41. The Morgan fingerprint density at radius 1 is 1.00 bits per heavy atom. The van der Waals surface area contributed by atoms with Crippen molar-refractivity contribution >= 4 is 11.9 Å². The van der Waals surface area contributed by atoms with Gasteiger partial charge in [-0.15, -0.1) is 0 Å². The number of hydrogen-bond acceptors (Lipinski definition) is 2. The molecule has 0 aromatic rings. The number of amides is 3. The smallest absolute Gasteiger partial charge is 0.321 e. The Labute approximate surface area is 109 Å². The first kappa shape index (κ1) is 15.0. The number of likely N-dealkylation sites (tertiary alicyclic amines) is 1. The van der Waals surface area contributed by atoms with Crippen molar-refractivity contribution in [3.63, 3.8) is 0 Å². The molecule has 0 aromatic carbocycles. The van der Waals surface area contributed by atoms with Gasteiger partial charge < -0.3 is 10.2 Å². The number of rotatable bonds is 3. The predicted octanol–water partition coefficient (Wildman–Crippen LogP) is 0.0680. The van der Waals surface area contributed by atoms with Crippen molar-refractivity contribution in [3.8, 4) is 0 Å². The van der Waals surface area contributed by atoms with Crippen LogP contribution in [-0.4, -0.2) is 37.1 Å². The molecule has 0 spiro atoms. The molecule has 0 radical (unpaired) electrons. The number of carbonyl (C=O) groups is 2. The third-order valence-electron chi connectivity index (χ3n) is 3.41. The Kier molecular flexibility index (Phi) is 6.12. The zero-order valence-electron chi connectivity index (χ0n) is 11.7. The maximum absolute atomic E-state index is 12.0. The number of hydrogen-bond donors (Lipinski definition) is 3. The summed E-state index contributed by atoms with van der Waals surface area (Å²) in [4.78, 5) is 24.7. The largest absolute Gasteiger partial charge is 0.336 e. The van der Waals surface area contributed by atoms with Gasteiger partial charge in [-0.2, -0.15) is 0 Å². The Hall–Kier alpha value is -1.10. The molecule has 104 valence electrons. The highest BCUT2D eigenvalue weighted by atomic mass is 16.2.